The fraction of sp³-hybridized carbons (Fsp3) is 0.483. The monoisotopic (exact) mass is 540 g/mol. The third-order valence-corrected chi connectivity index (χ3v) is 9.20. The molecule has 38 heavy (non-hydrogen) atoms. The van der Waals surface area contributed by atoms with Crippen LogP contribution >= 0.6 is 0 Å². The molecule has 0 saturated carbocycles. The molecule has 1 amide bonds. The van der Waals surface area contributed by atoms with Crippen molar-refractivity contribution in [3.63, 3.8) is 0 Å². The minimum atomic E-state index is -3.19. The van der Waals surface area contributed by atoms with E-state index in [2.05, 4.69) is 43.2 Å². The maximum absolute atomic E-state index is 12.5. The number of fused-ring (bicyclic) bond motifs is 1. The molecule has 1 aliphatic heterocycles. The van der Waals surface area contributed by atoms with Crippen molar-refractivity contribution in [1.82, 2.24) is 14.6 Å². The van der Waals surface area contributed by atoms with Gasteiger partial charge in [-0.05, 0) is 72.1 Å². The van der Waals surface area contributed by atoms with E-state index in [1.165, 1.54) is 0 Å². The van der Waals surface area contributed by atoms with Crippen LogP contribution in [0.3, 0.4) is 0 Å². The number of primary amides is 1. The Balaban J connectivity index is 1.70. The average molecular weight is 541 g/mol. The highest BCUT2D eigenvalue weighted by atomic mass is 32.2. The van der Waals surface area contributed by atoms with Crippen LogP contribution in [0.2, 0.25) is 0 Å². The van der Waals surface area contributed by atoms with Gasteiger partial charge in [-0.25, -0.2) is 12.7 Å². The van der Waals surface area contributed by atoms with E-state index in [9.17, 15) is 13.2 Å². The quantitative estimate of drug-likeness (QED) is 0.366. The maximum atomic E-state index is 12.5. The maximum Gasteiger partial charge on any atom is 0.250 e. The Morgan fingerprint density at radius 2 is 1.87 bits per heavy atom. The van der Waals surface area contributed by atoms with Crippen LogP contribution in [0.4, 0.5) is 0 Å². The Hall–Kier alpha value is -2.88. The minimum Gasteiger partial charge on any atom is -0.496 e. The molecule has 0 spiro atoms. The van der Waals surface area contributed by atoms with Gasteiger partial charge < -0.3 is 20.8 Å². The number of carbonyl (C=O) groups is 1. The number of nitrogens with two attached hydrogens (primary N) is 1. The second-order valence-electron chi connectivity index (χ2n) is 11.3. The van der Waals surface area contributed by atoms with Crippen LogP contribution in [-0.2, 0) is 16.6 Å². The lowest BCUT2D eigenvalue weighted by atomic mass is 9.88. The third kappa shape index (κ3) is 6.06. The molecule has 0 radical (unpaired) electrons. The molecule has 9 heteroatoms. The number of hydrogen-bond donors (Lipinski definition) is 3. The summed E-state index contributed by atoms with van der Waals surface area (Å²) in [5, 5.41) is 4.47. The molecular weight excluding hydrogens is 500 g/mol. The van der Waals surface area contributed by atoms with Crippen molar-refractivity contribution in [2.75, 3.05) is 32.5 Å². The van der Waals surface area contributed by atoms with Gasteiger partial charge in [0.05, 0.1) is 23.9 Å². The predicted octanol–water partition coefficient (Wildman–Crippen LogP) is 4.61. The molecule has 1 aliphatic rings. The zero-order chi connectivity index (χ0) is 27.7. The predicted molar refractivity (Wildman–Crippen MR) is 153 cm³/mol. The van der Waals surface area contributed by atoms with Gasteiger partial charge in [-0.1, -0.05) is 26.8 Å². The molecule has 206 valence electrons. The lowest BCUT2D eigenvalue weighted by molar-refractivity contribution is 0.100. The molecule has 1 fully saturated rings. The Morgan fingerprint density at radius 3 is 2.47 bits per heavy atom. The van der Waals surface area contributed by atoms with Crippen LogP contribution in [0.15, 0.2) is 36.5 Å². The summed E-state index contributed by atoms with van der Waals surface area (Å²) in [4.78, 5) is 15.7. The van der Waals surface area contributed by atoms with E-state index in [0.29, 0.717) is 25.2 Å². The molecular formula is C29H40N4O4S. The number of carbonyl (C=O) groups excluding carboxylic acids is 1. The van der Waals surface area contributed by atoms with E-state index in [1.54, 1.807) is 18.3 Å². The van der Waals surface area contributed by atoms with Gasteiger partial charge in [0.25, 0.3) is 5.91 Å². The molecule has 2 aromatic carbocycles. The van der Waals surface area contributed by atoms with Crippen molar-refractivity contribution in [2.24, 2.45) is 11.1 Å². The lowest BCUT2D eigenvalue weighted by Crippen LogP contribution is -2.38. The smallest absolute Gasteiger partial charge is 0.250 e. The van der Waals surface area contributed by atoms with Crippen molar-refractivity contribution >= 4 is 26.8 Å². The average Bonchev–Trinajstić information content (AvgIpc) is 3.31. The number of rotatable bonds is 9. The molecule has 2 heterocycles. The highest BCUT2D eigenvalue weighted by Gasteiger charge is 2.29. The van der Waals surface area contributed by atoms with E-state index in [0.717, 1.165) is 58.3 Å². The molecule has 4 N–H and O–H groups in total. The first-order chi connectivity index (χ1) is 17.9. The summed E-state index contributed by atoms with van der Waals surface area (Å²) in [6, 6.07) is 10.0. The van der Waals surface area contributed by atoms with Gasteiger partial charge in [0, 0.05) is 43.3 Å². The van der Waals surface area contributed by atoms with Crippen molar-refractivity contribution in [1.29, 1.82) is 0 Å². The van der Waals surface area contributed by atoms with Crippen LogP contribution in [0.1, 0.15) is 67.9 Å². The fourth-order valence-corrected chi connectivity index (χ4v) is 6.38. The van der Waals surface area contributed by atoms with Gasteiger partial charge in [-0.3, -0.25) is 4.79 Å². The zero-order valence-corrected chi connectivity index (χ0v) is 23.9. The summed E-state index contributed by atoms with van der Waals surface area (Å²) >= 11 is 0. The Morgan fingerprint density at radius 1 is 1.16 bits per heavy atom. The summed E-state index contributed by atoms with van der Waals surface area (Å²) in [6.45, 7) is 10.8. The van der Waals surface area contributed by atoms with Crippen molar-refractivity contribution < 1.29 is 17.9 Å². The number of hydrogen-bond acceptors (Lipinski definition) is 5. The molecule has 3 aromatic rings. The van der Waals surface area contributed by atoms with E-state index in [1.807, 2.05) is 24.4 Å². The zero-order valence-electron chi connectivity index (χ0n) is 23.1. The van der Waals surface area contributed by atoms with Gasteiger partial charge in [0.1, 0.15) is 5.75 Å². The number of sulfonamides is 1. The number of nitrogens with zero attached hydrogens (tertiary/aromatic N) is 1. The van der Waals surface area contributed by atoms with Crippen LogP contribution < -0.4 is 15.8 Å². The number of piperidine rings is 1. The molecule has 0 unspecified atom stereocenters. The number of benzene rings is 2. The highest BCUT2D eigenvalue weighted by molar-refractivity contribution is 7.89. The number of amides is 1. The lowest BCUT2D eigenvalue weighted by Gasteiger charge is -2.31. The van der Waals surface area contributed by atoms with E-state index >= 15 is 0 Å². The summed E-state index contributed by atoms with van der Waals surface area (Å²) < 4.78 is 31.8. The number of aromatic amines is 1. The first-order valence-corrected chi connectivity index (χ1v) is 14.8. The van der Waals surface area contributed by atoms with Crippen LogP contribution in [0.5, 0.6) is 5.75 Å². The largest absolute Gasteiger partial charge is 0.496 e. The normalized spacial score (nSPS) is 15.7. The van der Waals surface area contributed by atoms with Gasteiger partial charge in [-0.15, -0.1) is 0 Å². The van der Waals surface area contributed by atoms with Gasteiger partial charge in [-0.2, -0.15) is 0 Å². The van der Waals surface area contributed by atoms with Crippen molar-refractivity contribution in [3.05, 3.63) is 53.2 Å². The van der Waals surface area contributed by atoms with Gasteiger partial charge in [0.15, 0.2) is 0 Å². The number of nitrogens with one attached hydrogen (secondary N) is 2. The Kier molecular flexibility index (Phi) is 8.20. The molecule has 0 aliphatic carbocycles. The van der Waals surface area contributed by atoms with E-state index in [4.69, 9.17) is 10.5 Å². The molecule has 1 aromatic heterocycles. The molecule has 4 rings (SSSR count). The summed E-state index contributed by atoms with van der Waals surface area (Å²) in [6.07, 6.45) is 3.41. The Labute approximate surface area is 226 Å². The van der Waals surface area contributed by atoms with Gasteiger partial charge in [0.2, 0.25) is 10.0 Å². The second kappa shape index (κ2) is 11.1. The summed E-state index contributed by atoms with van der Waals surface area (Å²) in [5.41, 5.74) is 11.1. The van der Waals surface area contributed by atoms with E-state index < -0.39 is 15.9 Å². The topological polar surface area (TPSA) is 118 Å². The van der Waals surface area contributed by atoms with Crippen molar-refractivity contribution in [2.45, 2.75) is 53.0 Å². The summed E-state index contributed by atoms with van der Waals surface area (Å²) in [5.74, 6) is 0.624. The van der Waals surface area contributed by atoms with Gasteiger partial charge >= 0.3 is 0 Å². The van der Waals surface area contributed by atoms with Crippen molar-refractivity contribution in [3.8, 4) is 16.9 Å². The standard InChI is InChI=1S/C29H40N4O4S/c1-6-38(35,36)33-11-9-19(10-12-33)25-17-32-27-23(25)14-21(15-24(27)28(30)34)20-7-8-26(37-5)22(13-20)16-31-18-29(2,3)4/h7-8,13-15,17,19,31-32H,6,9-12,16,18H2,1-5H3,(H2,30,34). The fourth-order valence-electron chi connectivity index (χ4n) is 5.25. The first-order valence-electron chi connectivity index (χ1n) is 13.2. The molecule has 0 bridgehead atoms. The Bertz CT molecular complexity index is 1410. The molecule has 8 nitrogen and oxygen atoms in total. The number of ether oxygens (including phenoxy) is 1. The summed E-state index contributed by atoms with van der Waals surface area (Å²) in [7, 11) is -1.52. The molecule has 1 saturated heterocycles. The number of H-pyrrole nitrogens is 1. The number of aromatic nitrogens is 1. The van der Waals surface area contributed by atoms with Crippen LogP contribution in [-0.4, -0.2) is 56.1 Å². The number of methoxy groups -OCH3 is 1. The van der Waals surface area contributed by atoms with E-state index in [-0.39, 0.29) is 17.1 Å². The second-order valence-corrected chi connectivity index (χ2v) is 13.6. The first kappa shape index (κ1) is 28.1. The van der Waals surface area contributed by atoms with Crippen LogP contribution in [0, 0.1) is 5.41 Å². The SMILES string of the molecule is CCS(=O)(=O)N1CCC(c2c[nH]c3c(C(N)=O)cc(-c4ccc(OC)c(CNCC(C)(C)C)c4)cc23)CC1. The minimum absolute atomic E-state index is 0.117. The van der Waals surface area contributed by atoms with Crippen LogP contribution in [0.25, 0.3) is 22.0 Å². The third-order valence-electron chi connectivity index (χ3n) is 7.32. The molecule has 0 atom stereocenters. The highest BCUT2D eigenvalue weighted by Crippen LogP contribution is 2.38.